The number of nitrogens with two attached hydrogens (primary N) is 1. The number of nitrogen functional groups attached to an aromatic ring is 1. The summed E-state index contributed by atoms with van der Waals surface area (Å²) in [4.78, 5) is 12.0. The zero-order valence-corrected chi connectivity index (χ0v) is 11.8. The van der Waals surface area contributed by atoms with Crippen LogP contribution in [0.4, 0.5) is 5.69 Å². The van der Waals surface area contributed by atoms with Gasteiger partial charge in [0.15, 0.2) is 0 Å². The summed E-state index contributed by atoms with van der Waals surface area (Å²) >= 11 is 1.54. The van der Waals surface area contributed by atoms with Crippen molar-refractivity contribution in [2.75, 3.05) is 24.3 Å². The van der Waals surface area contributed by atoms with Gasteiger partial charge >= 0.3 is 0 Å². The zero-order chi connectivity index (χ0) is 13.8. The van der Waals surface area contributed by atoms with Crippen LogP contribution in [-0.4, -0.2) is 35.2 Å². The van der Waals surface area contributed by atoms with Gasteiger partial charge in [0, 0.05) is 23.5 Å². The fourth-order valence-electron chi connectivity index (χ4n) is 1.61. The fourth-order valence-corrected chi connectivity index (χ4v) is 2.34. The molecule has 18 heavy (non-hydrogen) atoms. The molecule has 0 aliphatic heterocycles. The van der Waals surface area contributed by atoms with Crippen molar-refractivity contribution in [3.63, 3.8) is 0 Å². The molecule has 0 heterocycles. The first-order valence-corrected chi connectivity index (χ1v) is 7.11. The van der Waals surface area contributed by atoms with Crippen LogP contribution in [0.1, 0.15) is 22.8 Å². The van der Waals surface area contributed by atoms with Crippen LogP contribution in [0, 0.1) is 6.92 Å². The molecule has 100 valence electrons. The average Bonchev–Trinajstić information content (AvgIpc) is 2.29. The number of amides is 1. The Morgan fingerprint density at radius 3 is 2.83 bits per heavy atom. The molecule has 0 saturated carbocycles. The van der Waals surface area contributed by atoms with Gasteiger partial charge in [-0.3, -0.25) is 4.79 Å². The second-order valence-electron chi connectivity index (χ2n) is 4.69. The van der Waals surface area contributed by atoms with E-state index in [9.17, 15) is 9.90 Å². The largest absolute Gasteiger partial charge is 0.399 e. The molecule has 0 aliphatic rings. The maximum absolute atomic E-state index is 12.0. The van der Waals surface area contributed by atoms with Crippen molar-refractivity contribution in [1.29, 1.82) is 0 Å². The Morgan fingerprint density at radius 1 is 1.56 bits per heavy atom. The van der Waals surface area contributed by atoms with Crippen LogP contribution in [0.3, 0.4) is 0 Å². The summed E-state index contributed by atoms with van der Waals surface area (Å²) in [6.45, 7) is 3.78. The molecular weight excluding hydrogens is 248 g/mol. The summed E-state index contributed by atoms with van der Waals surface area (Å²) in [7, 11) is 0. The summed E-state index contributed by atoms with van der Waals surface area (Å²) in [5.41, 5.74) is 6.74. The molecule has 4 N–H and O–H groups in total. The molecule has 1 amide bonds. The van der Waals surface area contributed by atoms with Crippen molar-refractivity contribution in [2.24, 2.45) is 0 Å². The third-order valence-corrected chi connectivity index (χ3v) is 3.50. The topological polar surface area (TPSA) is 75.3 Å². The van der Waals surface area contributed by atoms with Gasteiger partial charge in [-0.05, 0) is 37.8 Å². The Kier molecular flexibility index (Phi) is 5.04. The lowest BCUT2D eigenvalue weighted by Gasteiger charge is -2.22. The van der Waals surface area contributed by atoms with Gasteiger partial charge in [-0.1, -0.05) is 6.07 Å². The van der Waals surface area contributed by atoms with Crippen LogP contribution in [0.2, 0.25) is 0 Å². The van der Waals surface area contributed by atoms with Gasteiger partial charge < -0.3 is 16.2 Å². The number of carbonyl (C=O) groups excluding carboxylic acids is 1. The predicted octanol–water partition coefficient (Wildman–Crippen LogP) is 1.42. The minimum absolute atomic E-state index is 0.207. The molecule has 4 nitrogen and oxygen atoms in total. The highest BCUT2D eigenvalue weighted by atomic mass is 32.2. The number of aryl methyl sites for hydroxylation is 1. The predicted molar refractivity (Wildman–Crippen MR) is 76.9 cm³/mol. The molecule has 1 aromatic carbocycles. The number of thioether (sulfide) groups is 1. The van der Waals surface area contributed by atoms with E-state index in [0.29, 0.717) is 17.0 Å². The summed E-state index contributed by atoms with van der Waals surface area (Å²) in [6.07, 6.45) is 1.92. The molecule has 1 unspecified atom stereocenters. The Labute approximate surface area is 112 Å². The van der Waals surface area contributed by atoms with E-state index in [4.69, 9.17) is 5.73 Å². The highest BCUT2D eigenvalue weighted by Gasteiger charge is 2.21. The molecule has 1 rings (SSSR count). The minimum Gasteiger partial charge on any atom is -0.399 e. The Balaban J connectivity index is 2.69. The van der Waals surface area contributed by atoms with E-state index >= 15 is 0 Å². The van der Waals surface area contributed by atoms with E-state index in [1.807, 2.05) is 19.2 Å². The van der Waals surface area contributed by atoms with Gasteiger partial charge in [0.1, 0.15) is 0 Å². The van der Waals surface area contributed by atoms with Gasteiger partial charge in [0.05, 0.1) is 5.60 Å². The zero-order valence-electron chi connectivity index (χ0n) is 11.0. The lowest BCUT2D eigenvalue weighted by atomic mass is 10.1. The molecule has 1 atom stereocenters. The van der Waals surface area contributed by atoms with Gasteiger partial charge in [-0.2, -0.15) is 11.8 Å². The molecule has 0 aromatic heterocycles. The van der Waals surface area contributed by atoms with Gasteiger partial charge in [0.2, 0.25) is 0 Å². The molecule has 0 radical (unpaired) electrons. The first-order valence-electron chi connectivity index (χ1n) is 5.71. The maximum Gasteiger partial charge on any atom is 0.251 e. The van der Waals surface area contributed by atoms with E-state index in [1.54, 1.807) is 30.8 Å². The second-order valence-corrected chi connectivity index (χ2v) is 5.55. The lowest BCUT2D eigenvalue weighted by molar-refractivity contribution is 0.0724. The molecule has 0 bridgehead atoms. The number of benzene rings is 1. The quantitative estimate of drug-likeness (QED) is 0.706. The van der Waals surface area contributed by atoms with E-state index in [2.05, 4.69) is 5.32 Å². The average molecular weight is 268 g/mol. The number of rotatable bonds is 5. The van der Waals surface area contributed by atoms with Crippen molar-refractivity contribution in [3.05, 3.63) is 29.3 Å². The molecule has 0 fully saturated rings. The van der Waals surface area contributed by atoms with Crippen LogP contribution < -0.4 is 11.1 Å². The minimum atomic E-state index is -0.899. The first kappa shape index (κ1) is 14.9. The Morgan fingerprint density at radius 2 is 2.22 bits per heavy atom. The van der Waals surface area contributed by atoms with Crippen molar-refractivity contribution < 1.29 is 9.90 Å². The van der Waals surface area contributed by atoms with E-state index in [-0.39, 0.29) is 12.5 Å². The van der Waals surface area contributed by atoms with Gasteiger partial charge in [-0.25, -0.2) is 0 Å². The van der Waals surface area contributed by atoms with Gasteiger partial charge in [0.25, 0.3) is 5.91 Å². The number of aliphatic hydroxyl groups is 1. The highest BCUT2D eigenvalue weighted by Crippen LogP contribution is 2.13. The monoisotopic (exact) mass is 268 g/mol. The number of carbonyl (C=O) groups is 1. The molecule has 5 heteroatoms. The van der Waals surface area contributed by atoms with Crippen molar-refractivity contribution in [1.82, 2.24) is 5.32 Å². The van der Waals surface area contributed by atoms with Crippen LogP contribution in [0.5, 0.6) is 0 Å². The molecular formula is C13H20N2O2S. The number of nitrogens with one attached hydrogen (secondary N) is 1. The van der Waals surface area contributed by atoms with E-state index in [1.165, 1.54) is 0 Å². The number of anilines is 1. The smallest absolute Gasteiger partial charge is 0.251 e. The summed E-state index contributed by atoms with van der Waals surface area (Å²) in [5, 5.41) is 12.7. The Bertz CT molecular complexity index is 433. The number of hydrogen-bond donors (Lipinski definition) is 3. The molecule has 0 aliphatic carbocycles. The first-order chi connectivity index (χ1) is 8.35. The van der Waals surface area contributed by atoms with Crippen molar-refractivity contribution in [3.8, 4) is 0 Å². The van der Waals surface area contributed by atoms with Gasteiger partial charge in [-0.15, -0.1) is 0 Å². The SMILES string of the molecule is CSCC(C)(O)CNC(=O)c1cc(N)ccc1C. The van der Waals surface area contributed by atoms with Crippen LogP contribution >= 0.6 is 11.8 Å². The fraction of sp³-hybridized carbons (Fsp3) is 0.462. The second kappa shape index (κ2) is 6.11. The van der Waals surface area contributed by atoms with E-state index in [0.717, 1.165) is 5.56 Å². The van der Waals surface area contributed by atoms with Crippen LogP contribution in [0.15, 0.2) is 18.2 Å². The standard InChI is InChI=1S/C13H20N2O2S/c1-9-4-5-10(14)6-11(9)12(16)15-7-13(2,17)8-18-3/h4-6,17H,7-8,14H2,1-3H3,(H,15,16). The maximum atomic E-state index is 12.0. The summed E-state index contributed by atoms with van der Waals surface area (Å²) < 4.78 is 0. The van der Waals surface area contributed by atoms with E-state index < -0.39 is 5.60 Å². The summed E-state index contributed by atoms with van der Waals surface area (Å²) in [5.74, 6) is 0.365. The molecule has 0 spiro atoms. The van der Waals surface area contributed by atoms with Crippen molar-refractivity contribution in [2.45, 2.75) is 19.4 Å². The number of hydrogen-bond acceptors (Lipinski definition) is 4. The third-order valence-electron chi connectivity index (χ3n) is 2.59. The highest BCUT2D eigenvalue weighted by molar-refractivity contribution is 7.98. The van der Waals surface area contributed by atoms with Crippen molar-refractivity contribution >= 4 is 23.4 Å². The molecule has 1 aromatic rings. The summed E-state index contributed by atoms with van der Waals surface area (Å²) in [6, 6.07) is 5.22. The third kappa shape index (κ3) is 4.23. The Hall–Kier alpha value is -1.20. The van der Waals surface area contributed by atoms with Crippen LogP contribution in [-0.2, 0) is 0 Å². The normalized spacial score (nSPS) is 14.0. The van der Waals surface area contributed by atoms with Crippen LogP contribution in [0.25, 0.3) is 0 Å². The lowest BCUT2D eigenvalue weighted by Crippen LogP contribution is -2.42. The molecule has 0 saturated heterocycles.